The van der Waals surface area contributed by atoms with E-state index in [0.29, 0.717) is 17.4 Å². The van der Waals surface area contributed by atoms with Gasteiger partial charge in [-0.1, -0.05) is 48.0 Å². The van der Waals surface area contributed by atoms with E-state index in [4.69, 9.17) is 16.3 Å². The van der Waals surface area contributed by atoms with Crippen LogP contribution in [0.15, 0.2) is 102 Å². The number of sulfonamides is 1. The molecule has 0 aliphatic rings. The molecule has 0 saturated heterocycles. The topological polar surface area (TPSA) is 84.5 Å². The average molecular weight is 511 g/mol. The predicted molar refractivity (Wildman–Crippen MR) is 134 cm³/mol. The van der Waals surface area contributed by atoms with E-state index in [2.05, 4.69) is 10.0 Å². The number of nitrogens with one attached hydrogen (secondary N) is 2. The predicted octanol–water partition coefficient (Wildman–Crippen LogP) is 6.11. The van der Waals surface area contributed by atoms with Crippen molar-refractivity contribution in [2.24, 2.45) is 0 Å². The molecule has 4 rings (SSSR count). The second-order valence-electron chi connectivity index (χ2n) is 7.51. The van der Waals surface area contributed by atoms with Crippen molar-refractivity contribution in [3.05, 3.63) is 119 Å². The zero-order chi connectivity index (χ0) is 24.8. The molecule has 0 atom stereocenters. The van der Waals surface area contributed by atoms with Gasteiger partial charge in [-0.3, -0.25) is 9.52 Å². The van der Waals surface area contributed by atoms with Crippen molar-refractivity contribution in [3.63, 3.8) is 0 Å². The summed E-state index contributed by atoms with van der Waals surface area (Å²) in [5.41, 5.74) is 1.38. The molecule has 35 heavy (non-hydrogen) atoms. The molecule has 1 amide bonds. The number of carbonyl (C=O) groups excluding carboxylic acids is 1. The van der Waals surface area contributed by atoms with Crippen molar-refractivity contribution in [3.8, 4) is 5.75 Å². The van der Waals surface area contributed by atoms with E-state index in [-0.39, 0.29) is 21.8 Å². The number of hydrogen-bond acceptors (Lipinski definition) is 4. The van der Waals surface area contributed by atoms with E-state index in [1.54, 1.807) is 36.4 Å². The molecule has 2 N–H and O–H groups in total. The van der Waals surface area contributed by atoms with Crippen LogP contribution in [0.25, 0.3) is 0 Å². The lowest BCUT2D eigenvalue weighted by atomic mass is 10.2. The highest BCUT2D eigenvalue weighted by Crippen LogP contribution is 2.24. The average Bonchev–Trinajstić information content (AvgIpc) is 2.85. The molecule has 0 fully saturated rings. The molecule has 0 heterocycles. The smallest absolute Gasteiger partial charge is 0.261 e. The number of hydrogen-bond donors (Lipinski definition) is 2. The van der Waals surface area contributed by atoms with Gasteiger partial charge in [-0.2, -0.15) is 0 Å². The minimum absolute atomic E-state index is 0.158. The molecule has 0 radical (unpaired) electrons. The molecule has 4 aromatic carbocycles. The van der Waals surface area contributed by atoms with Gasteiger partial charge in [0.05, 0.1) is 10.6 Å². The fraction of sp³-hybridized carbons (Fsp3) is 0.0385. The van der Waals surface area contributed by atoms with Crippen molar-refractivity contribution < 1.29 is 22.3 Å². The minimum atomic E-state index is -4.07. The highest BCUT2D eigenvalue weighted by Gasteiger charge is 2.18. The van der Waals surface area contributed by atoms with Gasteiger partial charge in [-0.25, -0.2) is 12.8 Å². The molecular formula is C26H20ClFN2O4S. The maximum atomic E-state index is 14.6. The summed E-state index contributed by atoms with van der Waals surface area (Å²) < 4.78 is 48.2. The van der Waals surface area contributed by atoms with Crippen molar-refractivity contribution in [2.45, 2.75) is 11.5 Å². The lowest BCUT2D eigenvalue weighted by Crippen LogP contribution is -2.15. The number of ether oxygens (including phenoxy) is 1. The third-order valence-electron chi connectivity index (χ3n) is 4.94. The summed E-state index contributed by atoms with van der Waals surface area (Å²) in [6.45, 7) is 0.380. The summed E-state index contributed by atoms with van der Waals surface area (Å²) in [4.78, 5) is 12.0. The number of amides is 1. The second-order valence-corrected chi connectivity index (χ2v) is 9.63. The Morgan fingerprint density at radius 3 is 2.31 bits per heavy atom. The molecule has 0 spiro atoms. The molecule has 0 aromatic heterocycles. The Morgan fingerprint density at radius 2 is 1.63 bits per heavy atom. The standard InChI is InChI=1S/C26H20ClFN2O4S/c27-20-8-4-7-19(15-20)26(31)29-25-14-13-23(16-24(25)28)35(32,33)30-21-9-11-22(12-10-21)34-17-18-5-2-1-3-6-18/h1-16,30H,17H2,(H,29,31). The molecule has 0 saturated carbocycles. The third-order valence-corrected chi connectivity index (χ3v) is 6.55. The number of halogens is 2. The zero-order valence-electron chi connectivity index (χ0n) is 18.2. The van der Waals surface area contributed by atoms with E-state index >= 15 is 0 Å². The van der Waals surface area contributed by atoms with Crippen LogP contribution in [0.3, 0.4) is 0 Å². The second kappa shape index (κ2) is 10.6. The molecule has 4 aromatic rings. The van der Waals surface area contributed by atoms with Crippen LogP contribution in [0.5, 0.6) is 5.75 Å². The van der Waals surface area contributed by atoms with E-state index in [1.807, 2.05) is 30.3 Å². The van der Waals surface area contributed by atoms with Crippen LogP contribution in [-0.4, -0.2) is 14.3 Å². The Bertz CT molecular complexity index is 1450. The van der Waals surface area contributed by atoms with Gasteiger partial charge >= 0.3 is 0 Å². The Hall–Kier alpha value is -3.88. The zero-order valence-corrected chi connectivity index (χ0v) is 19.8. The Balaban J connectivity index is 1.41. The monoisotopic (exact) mass is 510 g/mol. The van der Waals surface area contributed by atoms with Gasteiger partial charge in [0.15, 0.2) is 0 Å². The highest BCUT2D eigenvalue weighted by molar-refractivity contribution is 7.92. The molecule has 0 unspecified atom stereocenters. The first-order valence-corrected chi connectivity index (χ1v) is 12.3. The lowest BCUT2D eigenvalue weighted by Gasteiger charge is -2.12. The van der Waals surface area contributed by atoms with Gasteiger partial charge in [-0.05, 0) is 66.2 Å². The summed E-state index contributed by atoms with van der Waals surface area (Å²) in [6.07, 6.45) is 0. The largest absolute Gasteiger partial charge is 0.489 e. The Labute approximate surface area is 207 Å². The first-order valence-electron chi connectivity index (χ1n) is 10.5. The van der Waals surface area contributed by atoms with Crippen molar-refractivity contribution in [1.82, 2.24) is 0 Å². The normalized spacial score (nSPS) is 11.0. The molecule has 9 heteroatoms. The van der Waals surface area contributed by atoms with E-state index in [1.165, 1.54) is 24.3 Å². The fourth-order valence-corrected chi connectivity index (χ4v) is 4.42. The van der Waals surface area contributed by atoms with Crippen LogP contribution in [0.2, 0.25) is 5.02 Å². The first-order chi connectivity index (χ1) is 16.8. The van der Waals surface area contributed by atoms with Crippen LogP contribution in [0.4, 0.5) is 15.8 Å². The van der Waals surface area contributed by atoms with E-state index in [0.717, 1.165) is 11.6 Å². The quantitative estimate of drug-likeness (QED) is 0.299. The SMILES string of the molecule is O=C(Nc1ccc(S(=O)(=O)Nc2ccc(OCc3ccccc3)cc2)cc1F)c1cccc(Cl)c1. The summed E-state index contributed by atoms with van der Waals surface area (Å²) in [6, 6.07) is 25.4. The van der Waals surface area contributed by atoms with Gasteiger partial charge in [0, 0.05) is 16.3 Å². The van der Waals surface area contributed by atoms with Gasteiger partial charge in [-0.15, -0.1) is 0 Å². The number of benzene rings is 4. The molecule has 0 bridgehead atoms. The van der Waals surface area contributed by atoms with Crippen LogP contribution >= 0.6 is 11.6 Å². The number of carbonyl (C=O) groups is 1. The fourth-order valence-electron chi connectivity index (χ4n) is 3.16. The summed E-state index contributed by atoms with van der Waals surface area (Å²) in [5.74, 6) is -0.898. The van der Waals surface area contributed by atoms with Gasteiger partial charge in [0.2, 0.25) is 0 Å². The summed E-state index contributed by atoms with van der Waals surface area (Å²) in [7, 11) is -4.07. The highest BCUT2D eigenvalue weighted by atomic mass is 35.5. The maximum absolute atomic E-state index is 14.6. The van der Waals surface area contributed by atoms with Crippen LogP contribution in [0, 0.1) is 5.82 Å². The molecule has 0 aliphatic heterocycles. The number of anilines is 2. The Morgan fingerprint density at radius 1 is 0.886 bits per heavy atom. The summed E-state index contributed by atoms with van der Waals surface area (Å²) in [5, 5.41) is 2.77. The van der Waals surface area contributed by atoms with Gasteiger partial charge in [0.1, 0.15) is 18.2 Å². The van der Waals surface area contributed by atoms with Crippen molar-refractivity contribution >= 4 is 38.9 Å². The van der Waals surface area contributed by atoms with Gasteiger partial charge in [0.25, 0.3) is 15.9 Å². The van der Waals surface area contributed by atoms with E-state index < -0.39 is 21.7 Å². The van der Waals surface area contributed by atoms with Gasteiger partial charge < -0.3 is 10.1 Å². The maximum Gasteiger partial charge on any atom is 0.261 e. The molecule has 178 valence electrons. The lowest BCUT2D eigenvalue weighted by molar-refractivity contribution is 0.102. The van der Waals surface area contributed by atoms with Crippen molar-refractivity contribution in [2.75, 3.05) is 10.0 Å². The van der Waals surface area contributed by atoms with Crippen LogP contribution < -0.4 is 14.8 Å². The Kier molecular flexibility index (Phi) is 7.33. The van der Waals surface area contributed by atoms with Crippen molar-refractivity contribution in [1.29, 1.82) is 0 Å². The summed E-state index contributed by atoms with van der Waals surface area (Å²) >= 11 is 5.88. The van der Waals surface area contributed by atoms with Crippen LogP contribution in [0.1, 0.15) is 15.9 Å². The minimum Gasteiger partial charge on any atom is -0.489 e. The molecule has 6 nitrogen and oxygen atoms in total. The number of rotatable bonds is 8. The third kappa shape index (κ3) is 6.38. The first kappa shape index (κ1) is 24.3. The van der Waals surface area contributed by atoms with Crippen LogP contribution in [-0.2, 0) is 16.6 Å². The molecular weight excluding hydrogens is 491 g/mol. The van der Waals surface area contributed by atoms with E-state index in [9.17, 15) is 17.6 Å². The molecule has 0 aliphatic carbocycles.